The summed E-state index contributed by atoms with van der Waals surface area (Å²) >= 11 is 0. The van der Waals surface area contributed by atoms with Gasteiger partial charge in [-0.2, -0.15) is 0 Å². The van der Waals surface area contributed by atoms with Gasteiger partial charge in [0, 0.05) is 16.7 Å². The summed E-state index contributed by atoms with van der Waals surface area (Å²) in [6, 6.07) is 0. The molecule has 0 aliphatic rings. The Hall–Kier alpha value is -2.61. The first kappa shape index (κ1) is 35.0. The number of aliphatic hydroxyl groups excluding tert-OH is 4. The third-order valence-electron chi connectivity index (χ3n) is 3.72. The van der Waals surface area contributed by atoms with Crippen molar-refractivity contribution in [1.82, 2.24) is 0 Å². The zero-order valence-electron chi connectivity index (χ0n) is 19.6. The van der Waals surface area contributed by atoms with Gasteiger partial charge in [0.05, 0.1) is 25.4 Å². The number of carbonyl (C=O) groups is 3. The standard InChI is InChI=1S/C15H20O8.2C3H8O2/c1-8(11(16)17)5-14(4,22)15(23,6-9(2)12(18)19)7-10(3)13(20)21;2*1-3(5)2-4/h5-7,22-23H,1-4H3,(H,16,17)(H,18,19)(H,20,21);2*3-5H,2H2,1H3. The highest BCUT2D eigenvalue weighted by Gasteiger charge is 2.42. The van der Waals surface area contributed by atoms with E-state index in [2.05, 4.69) is 0 Å². The van der Waals surface area contributed by atoms with E-state index in [4.69, 9.17) is 35.7 Å². The fraction of sp³-hybridized carbons (Fsp3) is 0.571. The molecule has 0 aromatic heterocycles. The molecule has 0 amide bonds. The summed E-state index contributed by atoms with van der Waals surface area (Å²) in [5.41, 5.74) is -5.75. The Morgan fingerprint density at radius 3 is 1.09 bits per heavy atom. The van der Waals surface area contributed by atoms with Gasteiger partial charge in [-0.3, -0.25) is 0 Å². The summed E-state index contributed by atoms with van der Waals surface area (Å²) in [7, 11) is 0. The number of carboxylic acid groups (broad SMARTS) is 3. The van der Waals surface area contributed by atoms with E-state index < -0.39 is 41.3 Å². The van der Waals surface area contributed by atoms with E-state index >= 15 is 0 Å². The Bertz CT molecular complexity index is 692. The molecule has 0 radical (unpaired) electrons. The van der Waals surface area contributed by atoms with Crippen molar-refractivity contribution in [2.75, 3.05) is 13.2 Å². The van der Waals surface area contributed by atoms with Crippen LogP contribution in [0.2, 0.25) is 0 Å². The van der Waals surface area contributed by atoms with Gasteiger partial charge >= 0.3 is 17.9 Å². The van der Waals surface area contributed by atoms with Crippen LogP contribution in [0.25, 0.3) is 0 Å². The van der Waals surface area contributed by atoms with Crippen LogP contribution in [-0.2, 0) is 14.4 Å². The lowest BCUT2D eigenvalue weighted by Gasteiger charge is -2.36. The van der Waals surface area contributed by atoms with Gasteiger partial charge < -0.3 is 46.0 Å². The van der Waals surface area contributed by atoms with Crippen LogP contribution in [0.15, 0.2) is 34.9 Å². The van der Waals surface area contributed by atoms with Crippen molar-refractivity contribution < 1.29 is 60.3 Å². The first-order chi connectivity index (χ1) is 14.8. The molecule has 0 spiro atoms. The lowest BCUT2D eigenvalue weighted by atomic mass is 9.80. The molecule has 12 nitrogen and oxygen atoms in total. The summed E-state index contributed by atoms with van der Waals surface area (Å²) in [6.45, 7) is 7.26. The van der Waals surface area contributed by atoms with Crippen LogP contribution in [0.4, 0.5) is 0 Å². The van der Waals surface area contributed by atoms with Crippen molar-refractivity contribution in [2.24, 2.45) is 0 Å². The largest absolute Gasteiger partial charge is 0.478 e. The third kappa shape index (κ3) is 15.8. The second-order valence-corrected chi connectivity index (χ2v) is 7.43. The summed E-state index contributed by atoms with van der Waals surface area (Å²) < 4.78 is 0. The monoisotopic (exact) mass is 480 g/mol. The molecule has 33 heavy (non-hydrogen) atoms. The molecular weight excluding hydrogens is 444 g/mol. The van der Waals surface area contributed by atoms with E-state index in [1.807, 2.05) is 0 Å². The maximum Gasteiger partial charge on any atom is 0.331 e. The Labute approximate surface area is 192 Å². The summed E-state index contributed by atoms with van der Waals surface area (Å²) in [6.07, 6.45) is 1.21. The summed E-state index contributed by atoms with van der Waals surface area (Å²) in [4.78, 5) is 32.8. The number of aliphatic carboxylic acids is 3. The molecule has 0 aromatic rings. The van der Waals surface area contributed by atoms with Gasteiger partial charge in [-0.25, -0.2) is 14.4 Å². The van der Waals surface area contributed by atoms with Crippen LogP contribution < -0.4 is 0 Å². The van der Waals surface area contributed by atoms with E-state index in [1.165, 1.54) is 20.8 Å². The molecule has 0 aromatic carbocycles. The summed E-state index contributed by atoms with van der Waals surface area (Å²) in [5, 5.41) is 79.8. The fourth-order valence-corrected chi connectivity index (χ4v) is 1.72. The number of aliphatic hydroxyl groups is 6. The average molecular weight is 481 g/mol. The molecule has 0 fully saturated rings. The number of carboxylic acids is 3. The quantitative estimate of drug-likeness (QED) is 0.186. The van der Waals surface area contributed by atoms with Crippen molar-refractivity contribution in [3.63, 3.8) is 0 Å². The molecule has 0 aliphatic carbocycles. The molecule has 9 N–H and O–H groups in total. The SMILES string of the molecule is CC(=CC(C)(O)C(O)(C=C(C)C(=O)O)C=C(C)C(=O)O)C(=O)O.CC(O)CO.CC(O)CO. The Morgan fingerprint density at radius 2 is 0.909 bits per heavy atom. The second kappa shape index (κ2) is 16.1. The van der Waals surface area contributed by atoms with Crippen molar-refractivity contribution in [2.45, 2.75) is 65.0 Å². The number of hydrogen-bond acceptors (Lipinski definition) is 9. The van der Waals surface area contributed by atoms with Crippen molar-refractivity contribution in [1.29, 1.82) is 0 Å². The zero-order valence-corrected chi connectivity index (χ0v) is 19.6. The molecule has 0 saturated heterocycles. The molecule has 192 valence electrons. The highest BCUT2D eigenvalue weighted by molar-refractivity contribution is 5.88. The lowest BCUT2D eigenvalue weighted by molar-refractivity contribution is -0.134. The first-order valence-corrected chi connectivity index (χ1v) is 9.58. The molecule has 3 atom stereocenters. The average Bonchev–Trinajstić information content (AvgIpc) is 2.67. The minimum absolute atomic E-state index is 0.139. The normalized spacial score (nSPS) is 17.6. The minimum Gasteiger partial charge on any atom is -0.478 e. The zero-order chi connectivity index (χ0) is 27.2. The molecule has 3 unspecified atom stereocenters. The topological polar surface area (TPSA) is 233 Å². The van der Waals surface area contributed by atoms with Gasteiger partial charge in [0.25, 0.3) is 0 Å². The lowest BCUT2D eigenvalue weighted by Crippen LogP contribution is -2.49. The van der Waals surface area contributed by atoms with Gasteiger partial charge in [0.15, 0.2) is 0 Å². The Balaban J connectivity index is -0.000000746. The van der Waals surface area contributed by atoms with Crippen molar-refractivity contribution >= 4 is 17.9 Å². The molecule has 0 bridgehead atoms. The van der Waals surface area contributed by atoms with Gasteiger partial charge in [0.1, 0.15) is 11.2 Å². The number of rotatable bonds is 9. The van der Waals surface area contributed by atoms with E-state index in [0.29, 0.717) is 0 Å². The molecule has 12 heteroatoms. The van der Waals surface area contributed by atoms with Crippen LogP contribution in [-0.4, -0.2) is 100 Å². The molecular formula is C21H36O12. The minimum atomic E-state index is -2.45. The maximum absolute atomic E-state index is 10.9. The maximum atomic E-state index is 10.9. The van der Waals surface area contributed by atoms with E-state index in [1.54, 1.807) is 0 Å². The predicted octanol–water partition coefficient (Wildman–Crippen LogP) is -0.720. The predicted molar refractivity (Wildman–Crippen MR) is 117 cm³/mol. The van der Waals surface area contributed by atoms with Crippen LogP contribution in [0.1, 0.15) is 41.5 Å². The Morgan fingerprint density at radius 1 is 0.697 bits per heavy atom. The van der Waals surface area contributed by atoms with E-state index in [0.717, 1.165) is 39.0 Å². The van der Waals surface area contributed by atoms with Gasteiger partial charge in [-0.05, 0) is 59.8 Å². The summed E-state index contributed by atoms with van der Waals surface area (Å²) in [5.74, 6) is -4.13. The van der Waals surface area contributed by atoms with Gasteiger partial charge in [-0.15, -0.1) is 0 Å². The molecule has 0 saturated carbocycles. The molecule has 0 rings (SSSR count). The fourth-order valence-electron chi connectivity index (χ4n) is 1.72. The van der Waals surface area contributed by atoms with Crippen molar-refractivity contribution in [3.05, 3.63) is 34.9 Å². The Kier molecular flexibility index (Phi) is 17.0. The van der Waals surface area contributed by atoms with Crippen LogP contribution in [0, 0.1) is 0 Å². The van der Waals surface area contributed by atoms with Gasteiger partial charge in [-0.1, -0.05) is 0 Å². The third-order valence-corrected chi connectivity index (χ3v) is 3.72. The van der Waals surface area contributed by atoms with Crippen LogP contribution in [0.3, 0.4) is 0 Å². The highest BCUT2D eigenvalue weighted by Crippen LogP contribution is 2.30. The molecule has 0 aliphatic heterocycles. The highest BCUT2D eigenvalue weighted by atomic mass is 16.4. The molecule has 0 heterocycles. The van der Waals surface area contributed by atoms with E-state index in [-0.39, 0.29) is 29.9 Å². The van der Waals surface area contributed by atoms with Crippen molar-refractivity contribution in [3.8, 4) is 0 Å². The number of hydrogen-bond donors (Lipinski definition) is 9. The first-order valence-electron chi connectivity index (χ1n) is 9.58. The smallest absolute Gasteiger partial charge is 0.331 e. The van der Waals surface area contributed by atoms with Crippen LogP contribution in [0.5, 0.6) is 0 Å². The van der Waals surface area contributed by atoms with Crippen LogP contribution >= 0.6 is 0 Å². The second-order valence-electron chi connectivity index (χ2n) is 7.43. The van der Waals surface area contributed by atoms with E-state index in [9.17, 15) is 24.6 Å². The van der Waals surface area contributed by atoms with Gasteiger partial charge in [0.2, 0.25) is 0 Å².